The monoisotopic (exact) mass is 419 g/mol. The first kappa shape index (κ1) is 20.1. The number of rotatable bonds is 5. The number of tetrazole rings is 1. The van der Waals surface area contributed by atoms with Crippen molar-refractivity contribution in [3.63, 3.8) is 0 Å². The predicted octanol–water partition coefficient (Wildman–Crippen LogP) is 2.66. The molecule has 12 heteroatoms. The van der Waals surface area contributed by atoms with Gasteiger partial charge in [0.1, 0.15) is 5.82 Å². The number of hydrogen-bond donors (Lipinski definition) is 0. The first-order valence-corrected chi connectivity index (χ1v) is 9.17. The summed E-state index contributed by atoms with van der Waals surface area (Å²) >= 11 is 0. The van der Waals surface area contributed by atoms with E-state index in [0.717, 1.165) is 5.56 Å². The molecule has 0 N–H and O–H groups in total. The number of nitrogens with zero attached hydrogens (tertiary/aromatic N) is 5. The van der Waals surface area contributed by atoms with Crippen LogP contribution in [-0.4, -0.2) is 41.8 Å². The Hall–Kier alpha value is -3.67. The highest BCUT2D eigenvalue weighted by Crippen LogP contribution is 2.31. The minimum absolute atomic E-state index is 0.0254. The Bertz CT molecular complexity index is 1170. The van der Waals surface area contributed by atoms with Gasteiger partial charge in [0.2, 0.25) is 5.82 Å². The lowest BCUT2D eigenvalue weighted by Gasteiger charge is -2.10. The van der Waals surface area contributed by atoms with Gasteiger partial charge < -0.3 is 9.47 Å². The van der Waals surface area contributed by atoms with Crippen molar-refractivity contribution in [2.75, 3.05) is 7.11 Å². The quantitative estimate of drug-likeness (QED) is 0.618. The van der Waals surface area contributed by atoms with E-state index in [-0.39, 0.29) is 29.2 Å². The largest absolute Gasteiger partial charge is 0.493 e. The summed E-state index contributed by atoms with van der Waals surface area (Å²) in [6, 6.07) is 10.1. The standard InChI is InChI=1S/C17H14FN5O5S/c1-10(11-3-6-13(18)7-4-11)23-20-16(19-22-23)12-5-8-14(15(9-12)27-2)28-17(24)21-29(25)26/h3-10H,1-2H3. The Balaban J connectivity index is 1.85. The molecule has 10 nitrogen and oxygen atoms in total. The van der Waals surface area contributed by atoms with Gasteiger partial charge in [-0.1, -0.05) is 16.5 Å². The molecular formula is C17H14FN5O5S. The lowest BCUT2D eigenvalue weighted by Crippen LogP contribution is -2.10. The third-order valence-electron chi connectivity index (χ3n) is 3.90. The maximum Gasteiger partial charge on any atom is 0.454 e. The average Bonchev–Trinajstić information content (AvgIpc) is 3.18. The van der Waals surface area contributed by atoms with Gasteiger partial charge in [-0.3, -0.25) is 0 Å². The van der Waals surface area contributed by atoms with E-state index in [1.807, 2.05) is 6.92 Å². The molecule has 3 aromatic rings. The van der Waals surface area contributed by atoms with Crippen molar-refractivity contribution < 1.29 is 27.1 Å². The number of hydrogen-bond acceptors (Lipinski definition) is 8. The highest BCUT2D eigenvalue weighted by Gasteiger charge is 2.16. The molecular weight excluding hydrogens is 405 g/mol. The normalized spacial score (nSPS) is 11.6. The molecule has 1 amide bonds. The fraction of sp³-hybridized carbons (Fsp3) is 0.176. The Morgan fingerprint density at radius 2 is 1.90 bits per heavy atom. The number of benzene rings is 2. The zero-order valence-electron chi connectivity index (χ0n) is 15.2. The molecule has 0 aliphatic carbocycles. The topological polar surface area (TPSA) is 126 Å². The van der Waals surface area contributed by atoms with Crippen LogP contribution in [0.4, 0.5) is 9.18 Å². The molecule has 1 atom stereocenters. The first-order chi connectivity index (χ1) is 13.9. The number of halogens is 1. The molecule has 0 saturated heterocycles. The summed E-state index contributed by atoms with van der Waals surface area (Å²) in [6.07, 6.45) is -1.30. The summed E-state index contributed by atoms with van der Waals surface area (Å²) in [5, 5.41) is 12.3. The maximum absolute atomic E-state index is 13.1. The molecule has 0 saturated carbocycles. The Morgan fingerprint density at radius 1 is 1.17 bits per heavy atom. The summed E-state index contributed by atoms with van der Waals surface area (Å²) in [5.41, 5.74) is 1.32. The summed E-state index contributed by atoms with van der Waals surface area (Å²) in [4.78, 5) is 12.8. The molecule has 0 radical (unpaired) electrons. The van der Waals surface area contributed by atoms with E-state index in [4.69, 9.17) is 9.47 Å². The average molecular weight is 419 g/mol. The van der Waals surface area contributed by atoms with E-state index >= 15 is 0 Å². The van der Waals surface area contributed by atoms with Crippen LogP contribution in [0.3, 0.4) is 0 Å². The van der Waals surface area contributed by atoms with Crippen LogP contribution in [0.2, 0.25) is 0 Å². The maximum atomic E-state index is 13.1. The summed E-state index contributed by atoms with van der Waals surface area (Å²) in [7, 11) is -1.58. The van der Waals surface area contributed by atoms with Crippen molar-refractivity contribution in [1.82, 2.24) is 20.2 Å². The van der Waals surface area contributed by atoms with Crippen molar-refractivity contribution in [3.8, 4) is 22.9 Å². The van der Waals surface area contributed by atoms with Crippen LogP contribution in [0.5, 0.6) is 11.5 Å². The summed E-state index contributed by atoms with van der Waals surface area (Å²) in [5.74, 6) is 0.0593. The minimum Gasteiger partial charge on any atom is -0.493 e. The van der Waals surface area contributed by atoms with Gasteiger partial charge in [0.05, 0.1) is 13.2 Å². The number of ether oxygens (including phenoxy) is 2. The Labute approximate surface area is 165 Å². The fourth-order valence-electron chi connectivity index (χ4n) is 2.44. The Morgan fingerprint density at radius 3 is 2.55 bits per heavy atom. The van der Waals surface area contributed by atoms with Crippen LogP contribution in [0.25, 0.3) is 11.4 Å². The lowest BCUT2D eigenvalue weighted by atomic mass is 10.1. The highest BCUT2D eigenvalue weighted by atomic mass is 32.2. The minimum atomic E-state index is -2.92. The molecule has 150 valence electrons. The van der Waals surface area contributed by atoms with Gasteiger partial charge in [-0.05, 0) is 48.0 Å². The van der Waals surface area contributed by atoms with Gasteiger partial charge >= 0.3 is 16.6 Å². The van der Waals surface area contributed by atoms with Gasteiger partial charge in [-0.15, -0.1) is 10.2 Å². The fourth-order valence-corrected chi connectivity index (χ4v) is 2.60. The van der Waals surface area contributed by atoms with Crippen molar-refractivity contribution >= 4 is 16.6 Å². The molecule has 29 heavy (non-hydrogen) atoms. The third-order valence-corrected chi connectivity index (χ3v) is 4.19. The molecule has 0 fully saturated rings. The SMILES string of the molecule is COc1cc(-c2nnn(C(C)c3ccc(F)cc3)n2)ccc1OC(=O)N=S(=O)=O. The molecule has 1 unspecified atom stereocenters. The van der Waals surface area contributed by atoms with Gasteiger partial charge in [0.25, 0.3) is 0 Å². The van der Waals surface area contributed by atoms with E-state index in [1.165, 1.54) is 36.2 Å². The number of amides is 1. The van der Waals surface area contributed by atoms with Crippen LogP contribution < -0.4 is 9.47 Å². The molecule has 1 aromatic heterocycles. The number of aromatic nitrogens is 4. The molecule has 2 aromatic carbocycles. The second kappa shape index (κ2) is 8.56. The molecule has 0 spiro atoms. The van der Waals surface area contributed by atoms with Gasteiger partial charge in [-0.2, -0.15) is 13.2 Å². The number of methoxy groups -OCH3 is 1. The summed E-state index contributed by atoms with van der Waals surface area (Å²) in [6.45, 7) is 1.84. The van der Waals surface area contributed by atoms with Gasteiger partial charge in [0, 0.05) is 5.56 Å². The molecule has 0 aliphatic rings. The van der Waals surface area contributed by atoms with E-state index in [2.05, 4.69) is 19.8 Å². The van der Waals surface area contributed by atoms with E-state index in [0.29, 0.717) is 5.56 Å². The number of carbonyl (C=O) groups excluding carboxylic acids is 1. The Kier molecular flexibility index (Phi) is 5.93. The van der Waals surface area contributed by atoms with Crippen molar-refractivity contribution in [1.29, 1.82) is 0 Å². The van der Waals surface area contributed by atoms with Crippen LogP contribution in [0.15, 0.2) is 46.8 Å². The van der Waals surface area contributed by atoms with Crippen LogP contribution in [-0.2, 0) is 10.5 Å². The van der Waals surface area contributed by atoms with Crippen molar-refractivity contribution in [2.45, 2.75) is 13.0 Å². The first-order valence-electron chi connectivity index (χ1n) is 8.13. The van der Waals surface area contributed by atoms with Gasteiger partial charge in [0.15, 0.2) is 11.5 Å². The third kappa shape index (κ3) is 4.79. The van der Waals surface area contributed by atoms with Gasteiger partial charge in [-0.25, -0.2) is 9.18 Å². The molecule has 0 bridgehead atoms. The lowest BCUT2D eigenvalue weighted by molar-refractivity contribution is 0.209. The second-order valence-corrected chi connectivity index (χ2v) is 6.32. The van der Waals surface area contributed by atoms with E-state index in [9.17, 15) is 17.6 Å². The smallest absolute Gasteiger partial charge is 0.454 e. The van der Waals surface area contributed by atoms with Crippen LogP contribution >= 0.6 is 0 Å². The highest BCUT2D eigenvalue weighted by molar-refractivity contribution is 7.62. The zero-order valence-corrected chi connectivity index (χ0v) is 16.0. The van der Waals surface area contributed by atoms with E-state index < -0.39 is 16.6 Å². The van der Waals surface area contributed by atoms with Crippen LogP contribution in [0.1, 0.15) is 18.5 Å². The number of carbonyl (C=O) groups is 1. The zero-order chi connectivity index (χ0) is 21.0. The van der Waals surface area contributed by atoms with Crippen LogP contribution in [0, 0.1) is 5.82 Å². The second-order valence-electron chi connectivity index (χ2n) is 5.70. The van der Waals surface area contributed by atoms with Crippen molar-refractivity contribution in [2.24, 2.45) is 4.36 Å². The molecule has 1 heterocycles. The van der Waals surface area contributed by atoms with E-state index in [1.54, 1.807) is 18.2 Å². The van der Waals surface area contributed by atoms with Crippen molar-refractivity contribution in [3.05, 3.63) is 53.8 Å². The predicted molar refractivity (Wildman–Crippen MR) is 97.4 cm³/mol. The molecule has 0 aliphatic heterocycles. The summed E-state index contributed by atoms with van der Waals surface area (Å²) < 4.78 is 46.7. The molecule has 3 rings (SSSR count).